The van der Waals surface area contributed by atoms with Gasteiger partial charge in [0.1, 0.15) is 11.5 Å². The number of carbonyl (C=O) groups is 2. The number of amides is 1. The van der Waals surface area contributed by atoms with Gasteiger partial charge in [0.05, 0.1) is 17.3 Å². The first kappa shape index (κ1) is 15.9. The maximum atomic E-state index is 12.3. The van der Waals surface area contributed by atoms with Crippen molar-refractivity contribution in [1.82, 2.24) is 4.98 Å². The molecule has 0 aliphatic heterocycles. The molecule has 0 saturated heterocycles. The summed E-state index contributed by atoms with van der Waals surface area (Å²) in [6.45, 7) is 1.32. The van der Waals surface area contributed by atoms with Crippen molar-refractivity contribution in [3.05, 3.63) is 48.0 Å². The van der Waals surface area contributed by atoms with Crippen LogP contribution in [0.2, 0.25) is 0 Å². The molecular formula is C17H14N2O4S. The molecule has 122 valence electrons. The highest BCUT2D eigenvalue weighted by atomic mass is 32.1. The van der Waals surface area contributed by atoms with Crippen LogP contribution in [0.4, 0.5) is 5.13 Å². The van der Waals surface area contributed by atoms with Crippen molar-refractivity contribution < 1.29 is 19.1 Å². The molecule has 0 radical (unpaired) electrons. The molecule has 0 saturated carbocycles. The molecule has 24 heavy (non-hydrogen) atoms. The van der Waals surface area contributed by atoms with Crippen LogP contribution in [-0.2, 0) is 4.79 Å². The number of nitrogens with zero attached hydrogens (tertiary/aromatic N) is 1. The molecule has 3 aromatic rings. The Labute approximate surface area is 142 Å². The third kappa shape index (κ3) is 3.52. The fourth-order valence-corrected chi connectivity index (χ4v) is 2.98. The lowest BCUT2D eigenvalue weighted by Crippen LogP contribution is -2.11. The number of thiazole rings is 1. The first-order valence-corrected chi connectivity index (χ1v) is 7.91. The minimum atomic E-state index is -0.405. The number of hydrogen-bond acceptors (Lipinski definition) is 6. The van der Waals surface area contributed by atoms with Crippen LogP contribution in [0.3, 0.4) is 0 Å². The maximum Gasteiger partial charge on any atom is 0.308 e. The van der Waals surface area contributed by atoms with Crippen molar-refractivity contribution in [1.29, 1.82) is 0 Å². The fraction of sp³-hybridized carbons (Fsp3) is 0.118. The minimum absolute atomic E-state index is 0.282. The highest BCUT2D eigenvalue weighted by molar-refractivity contribution is 7.22. The summed E-state index contributed by atoms with van der Waals surface area (Å²) >= 11 is 1.37. The van der Waals surface area contributed by atoms with Gasteiger partial charge in [-0.15, -0.1) is 0 Å². The van der Waals surface area contributed by atoms with Gasteiger partial charge < -0.3 is 9.47 Å². The molecule has 1 amide bonds. The number of methoxy groups -OCH3 is 1. The summed E-state index contributed by atoms with van der Waals surface area (Å²) in [4.78, 5) is 27.5. The molecule has 7 heteroatoms. The van der Waals surface area contributed by atoms with Crippen LogP contribution in [-0.4, -0.2) is 24.0 Å². The number of anilines is 1. The monoisotopic (exact) mass is 342 g/mol. The second-order valence-corrected chi connectivity index (χ2v) is 5.96. The van der Waals surface area contributed by atoms with E-state index in [1.807, 2.05) is 18.2 Å². The second-order valence-electron chi connectivity index (χ2n) is 4.92. The molecule has 3 rings (SSSR count). The third-order valence-corrected chi connectivity index (χ3v) is 4.13. The summed E-state index contributed by atoms with van der Waals surface area (Å²) < 4.78 is 11.0. The van der Waals surface area contributed by atoms with E-state index in [0.29, 0.717) is 16.4 Å². The Kier molecular flexibility index (Phi) is 4.43. The molecule has 0 atom stereocenters. The minimum Gasteiger partial charge on any atom is -0.497 e. The van der Waals surface area contributed by atoms with Crippen molar-refractivity contribution >= 4 is 38.6 Å². The van der Waals surface area contributed by atoms with Gasteiger partial charge in [-0.1, -0.05) is 11.3 Å². The molecule has 0 spiro atoms. The third-order valence-electron chi connectivity index (χ3n) is 3.19. The summed E-state index contributed by atoms with van der Waals surface area (Å²) in [7, 11) is 1.60. The zero-order valence-corrected chi connectivity index (χ0v) is 13.8. The summed E-state index contributed by atoms with van der Waals surface area (Å²) in [6.07, 6.45) is 0. The predicted octanol–water partition coefficient (Wildman–Crippen LogP) is 3.48. The Morgan fingerprint density at radius 2 is 1.79 bits per heavy atom. The lowest BCUT2D eigenvalue weighted by atomic mass is 10.2. The van der Waals surface area contributed by atoms with Gasteiger partial charge in [0, 0.05) is 12.5 Å². The number of nitrogens with one attached hydrogen (secondary N) is 1. The van der Waals surface area contributed by atoms with E-state index >= 15 is 0 Å². The number of fused-ring (bicyclic) bond motifs is 1. The van der Waals surface area contributed by atoms with E-state index in [9.17, 15) is 9.59 Å². The molecule has 6 nitrogen and oxygen atoms in total. The number of hydrogen-bond donors (Lipinski definition) is 1. The molecule has 1 N–H and O–H groups in total. The first-order valence-electron chi connectivity index (χ1n) is 7.09. The standard InChI is InChI=1S/C17H14N2O4S/c1-10(20)23-12-5-3-11(4-6-12)16(21)19-17-18-14-8-7-13(22-2)9-15(14)24-17/h3-9H,1-2H3,(H,18,19,21). The molecule has 0 unspecified atom stereocenters. The largest absolute Gasteiger partial charge is 0.497 e. The topological polar surface area (TPSA) is 77.5 Å². The SMILES string of the molecule is COc1ccc2nc(NC(=O)c3ccc(OC(C)=O)cc3)sc2c1. The van der Waals surface area contributed by atoms with Crippen molar-refractivity contribution in [2.24, 2.45) is 0 Å². The van der Waals surface area contributed by atoms with Gasteiger partial charge in [-0.3, -0.25) is 14.9 Å². The van der Waals surface area contributed by atoms with E-state index in [2.05, 4.69) is 10.3 Å². The predicted molar refractivity (Wildman–Crippen MR) is 91.9 cm³/mol. The first-order chi connectivity index (χ1) is 11.5. The quantitative estimate of drug-likeness (QED) is 0.580. The summed E-state index contributed by atoms with van der Waals surface area (Å²) in [5, 5.41) is 3.27. The summed E-state index contributed by atoms with van der Waals surface area (Å²) in [6, 6.07) is 11.8. The number of benzene rings is 2. The highest BCUT2D eigenvalue weighted by Crippen LogP contribution is 2.29. The Morgan fingerprint density at radius 1 is 1.08 bits per heavy atom. The Balaban J connectivity index is 1.75. The van der Waals surface area contributed by atoms with Gasteiger partial charge in [-0.05, 0) is 42.5 Å². The Morgan fingerprint density at radius 3 is 2.46 bits per heavy atom. The maximum absolute atomic E-state index is 12.3. The molecular weight excluding hydrogens is 328 g/mol. The van der Waals surface area contributed by atoms with Gasteiger partial charge in [-0.25, -0.2) is 4.98 Å². The summed E-state index contributed by atoms with van der Waals surface area (Å²) in [5.41, 5.74) is 1.24. The van der Waals surface area contributed by atoms with Gasteiger partial charge in [-0.2, -0.15) is 0 Å². The fourth-order valence-electron chi connectivity index (χ4n) is 2.09. The van der Waals surface area contributed by atoms with Crippen LogP contribution in [0, 0.1) is 0 Å². The lowest BCUT2D eigenvalue weighted by molar-refractivity contribution is -0.131. The smallest absolute Gasteiger partial charge is 0.308 e. The van der Waals surface area contributed by atoms with Gasteiger partial charge in [0.25, 0.3) is 5.91 Å². The molecule has 0 aliphatic carbocycles. The molecule has 2 aromatic carbocycles. The number of rotatable bonds is 4. The van der Waals surface area contributed by atoms with Crippen LogP contribution >= 0.6 is 11.3 Å². The second kappa shape index (κ2) is 6.67. The normalized spacial score (nSPS) is 10.4. The highest BCUT2D eigenvalue weighted by Gasteiger charge is 2.11. The van der Waals surface area contributed by atoms with E-state index in [1.54, 1.807) is 31.4 Å². The molecule has 0 aliphatic rings. The van der Waals surface area contributed by atoms with Crippen LogP contribution in [0.15, 0.2) is 42.5 Å². The summed E-state index contributed by atoms with van der Waals surface area (Å²) in [5.74, 6) is 0.448. The van der Waals surface area contributed by atoms with Crippen molar-refractivity contribution in [3.8, 4) is 11.5 Å². The molecule has 1 heterocycles. The van der Waals surface area contributed by atoms with E-state index in [-0.39, 0.29) is 5.91 Å². The number of carbonyl (C=O) groups excluding carboxylic acids is 2. The van der Waals surface area contributed by atoms with Crippen LogP contribution in [0.1, 0.15) is 17.3 Å². The Hall–Kier alpha value is -2.93. The van der Waals surface area contributed by atoms with E-state index < -0.39 is 5.97 Å². The average Bonchev–Trinajstić information content (AvgIpc) is 2.96. The lowest BCUT2D eigenvalue weighted by Gasteiger charge is -2.03. The van der Waals surface area contributed by atoms with Crippen LogP contribution in [0.5, 0.6) is 11.5 Å². The van der Waals surface area contributed by atoms with E-state index in [1.165, 1.54) is 18.3 Å². The Bertz CT molecular complexity index is 903. The van der Waals surface area contributed by atoms with Gasteiger partial charge >= 0.3 is 5.97 Å². The van der Waals surface area contributed by atoms with Crippen molar-refractivity contribution in [3.63, 3.8) is 0 Å². The van der Waals surface area contributed by atoms with Crippen LogP contribution < -0.4 is 14.8 Å². The van der Waals surface area contributed by atoms with Crippen molar-refractivity contribution in [2.45, 2.75) is 6.92 Å². The van der Waals surface area contributed by atoms with Crippen molar-refractivity contribution in [2.75, 3.05) is 12.4 Å². The molecule has 1 aromatic heterocycles. The zero-order valence-electron chi connectivity index (χ0n) is 13.0. The zero-order chi connectivity index (χ0) is 17.1. The number of ether oxygens (including phenoxy) is 2. The number of esters is 1. The number of aromatic nitrogens is 1. The van der Waals surface area contributed by atoms with Gasteiger partial charge in [0.2, 0.25) is 0 Å². The van der Waals surface area contributed by atoms with Gasteiger partial charge in [0.15, 0.2) is 5.13 Å². The molecule has 0 fully saturated rings. The molecule has 0 bridgehead atoms. The van der Waals surface area contributed by atoms with Crippen LogP contribution in [0.25, 0.3) is 10.2 Å². The van der Waals surface area contributed by atoms with E-state index in [0.717, 1.165) is 16.0 Å². The van der Waals surface area contributed by atoms with E-state index in [4.69, 9.17) is 9.47 Å². The average molecular weight is 342 g/mol.